The molecule has 0 radical (unpaired) electrons. The van der Waals surface area contributed by atoms with Crippen molar-refractivity contribution >= 4 is 70.7 Å². The Kier molecular flexibility index (Phi) is 5.82. The van der Waals surface area contributed by atoms with Crippen LogP contribution in [0.4, 0.5) is 0 Å². The van der Waals surface area contributed by atoms with Crippen LogP contribution in [0, 0.1) is 0 Å². The smallest absolute Gasteiger partial charge is 0.133 e. The highest BCUT2D eigenvalue weighted by Crippen LogP contribution is 2.45. The lowest BCUT2D eigenvalue weighted by Crippen LogP contribution is -1.99. The zero-order chi connectivity index (χ0) is 14.9. The van der Waals surface area contributed by atoms with Crippen LogP contribution in [0.1, 0.15) is 16.5 Å². The third kappa shape index (κ3) is 3.35. The molecular weight excluding hydrogens is 495 g/mol. The fourth-order valence-corrected chi connectivity index (χ4v) is 5.70. The van der Waals surface area contributed by atoms with Crippen molar-refractivity contribution in [1.82, 2.24) is 0 Å². The van der Waals surface area contributed by atoms with Crippen molar-refractivity contribution in [1.29, 1.82) is 0 Å². The van der Waals surface area contributed by atoms with Crippen LogP contribution >= 0.6 is 70.7 Å². The summed E-state index contributed by atoms with van der Waals surface area (Å²) in [5, 5.41) is -0.330. The van der Waals surface area contributed by atoms with Gasteiger partial charge in [0.25, 0.3) is 0 Å². The molecule has 1 atom stereocenters. The van der Waals surface area contributed by atoms with Crippen LogP contribution in [-0.2, 0) is 0 Å². The van der Waals surface area contributed by atoms with Gasteiger partial charge in [-0.1, -0.05) is 0 Å². The summed E-state index contributed by atoms with van der Waals surface area (Å²) in [6.45, 7) is 0. The molecule has 0 N–H and O–H groups in total. The van der Waals surface area contributed by atoms with Gasteiger partial charge in [-0.25, -0.2) is 0 Å². The number of halogens is 4. The highest BCUT2D eigenvalue weighted by molar-refractivity contribution is 9.12. The van der Waals surface area contributed by atoms with Crippen LogP contribution in [0.5, 0.6) is 11.5 Å². The molecule has 2 nitrogen and oxygen atoms in total. The fraction of sp³-hybridized carbons (Fsp3) is 0.231. The Balaban J connectivity index is 2.53. The molecule has 0 saturated carbocycles. The first-order chi connectivity index (χ1) is 9.47. The summed E-state index contributed by atoms with van der Waals surface area (Å²) in [4.78, 5) is 0. The van der Waals surface area contributed by atoms with E-state index in [2.05, 4.69) is 47.8 Å². The van der Waals surface area contributed by atoms with Gasteiger partial charge in [0.15, 0.2) is 0 Å². The second kappa shape index (κ2) is 7.01. The first-order valence-electron chi connectivity index (χ1n) is 5.48. The van der Waals surface area contributed by atoms with E-state index in [9.17, 15) is 0 Å². The average molecular weight is 505 g/mol. The molecule has 20 heavy (non-hydrogen) atoms. The Bertz CT molecular complexity index is 630. The normalized spacial score (nSPS) is 12.3. The van der Waals surface area contributed by atoms with Crippen LogP contribution in [0.25, 0.3) is 0 Å². The highest BCUT2D eigenvalue weighted by atomic mass is 79.9. The van der Waals surface area contributed by atoms with Crippen molar-refractivity contribution in [3.05, 3.63) is 41.4 Å². The zero-order valence-corrected chi connectivity index (χ0v) is 16.9. The summed E-state index contributed by atoms with van der Waals surface area (Å²) in [7, 11) is 3.25. The van der Waals surface area contributed by atoms with Crippen molar-refractivity contribution in [3.63, 3.8) is 0 Å². The molecule has 1 aromatic heterocycles. The first kappa shape index (κ1) is 16.6. The van der Waals surface area contributed by atoms with Gasteiger partial charge in [0.1, 0.15) is 11.5 Å². The molecule has 2 aromatic rings. The van der Waals surface area contributed by atoms with E-state index in [1.807, 2.05) is 18.2 Å². The molecule has 0 aliphatic heterocycles. The lowest BCUT2D eigenvalue weighted by molar-refractivity contribution is 0.397. The van der Waals surface area contributed by atoms with E-state index in [0.717, 1.165) is 28.9 Å². The quantitative estimate of drug-likeness (QED) is 0.449. The fourth-order valence-electron chi connectivity index (χ4n) is 1.78. The van der Waals surface area contributed by atoms with E-state index in [1.165, 1.54) is 0 Å². The number of rotatable bonds is 4. The molecule has 0 aliphatic rings. The lowest BCUT2D eigenvalue weighted by Gasteiger charge is -2.16. The third-order valence-electron chi connectivity index (χ3n) is 2.73. The number of benzene rings is 1. The summed E-state index contributed by atoms with van der Waals surface area (Å²) in [6, 6.07) is 5.75. The number of hydrogen-bond acceptors (Lipinski definition) is 3. The average Bonchev–Trinajstić information content (AvgIpc) is 2.76. The minimum atomic E-state index is -0.330. The molecule has 1 heterocycles. The SMILES string of the molecule is COc1cc(C(Cl)c2cc(Br)sc2Br)c(OC)cc1Br. The largest absolute Gasteiger partial charge is 0.496 e. The van der Waals surface area contributed by atoms with Crippen molar-refractivity contribution in [2.24, 2.45) is 0 Å². The molecule has 0 saturated heterocycles. The Hall–Kier alpha value is 0.250. The maximum Gasteiger partial charge on any atom is 0.133 e. The van der Waals surface area contributed by atoms with Gasteiger partial charge in [-0.3, -0.25) is 0 Å². The summed E-state index contributed by atoms with van der Waals surface area (Å²) in [5.74, 6) is 1.43. The molecule has 0 bridgehead atoms. The van der Waals surface area contributed by atoms with Crippen molar-refractivity contribution < 1.29 is 9.47 Å². The number of methoxy groups -OCH3 is 2. The van der Waals surface area contributed by atoms with E-state index in [-0.39, 0.29) is 5.38 Å². The van der Waals surface area contributed by atoms with Crippen molar-refractivity contribution in [2.45, 2.75) is 5.38 Å². The molecule has 7 heteroatoms. The van der Waals surface area contributed by atoms with E-state index in [0.29, 0.717) is 5.75 Å². The van der Waals surface area contributed by atoms with E-state index in [1.54, 1.807) is 25.6 Å². The van der Waals surface area contributed by atoms with E-state index < -0.39 is 0 Å². The predicted octanol–water partition coefficient (Wildman–Crippen LogP) is 6.38. The molecular formula is C13H10Br3ClO2S. The van der Waals surface area contributed by atoms with Crippen LogP contribution in [0.15, 0.2) is 30.2 Å². The Morgan fingerprint density at radius 2 is 1.65 bits per heavy atom. The molecule has 2 rings (SSSR count). The maximum absolute atomic E-state index is 6.62. The van der Waals surface area contributed by atoms with Gasteiger partial charge >= 0.3 is 0 Å². The van der Waals surface area contributed by atoms with Crippen LogP contribution in [0.3, 0.4) is 0 Å². The van der Waals surface area contributed by atoms with Crippen LogP contribution in [-0.4, -0.2) is 14.2 Å². The minimum absolute atomic E-state index is 0.330. The van der Waals surface area contributed by atoms with Gasteiger partial charge in [-0.05, 0) is 66.0 Å². The molecule has 0 spiro atoms. The van der Waals surface area contributed by atoms with Gasteiger partial charge < -0.3 is 9.47 Å². The van der Waals surface area contributed by atoms with Crippen molar-refractivity contribution in [3.8, 4) is 11.5 Å². The lowest BCUT2D eigenvalue weighted by atomic mass is 10.1. The molecule has 1 aromatic carbocycles. The molecule has 0 amide bonds. The molecule has 108 valence electrons. The van der Waals surface area contributed by atoms with Crippen LogP contribution in [0.2, 0.25) is 0 Å². The summed E-state index contributed by atoms with van der Waals surface area (Å²) in [5.41, 5.74) is 1.85. The van der Waals surface area contributed by atoms with Gasteiger partial charge in [0.2, 0.25) is 0 Å². The van der Waals surface area contributed by atoms with Crippen molar-refractivity contribution in [2.75, 3.05) is 14.2 Å². The van der Waals surface area contributed by atoms with Gasteiger partial charge in [0.05, 0.1) is 31.6 Å². The highest BCUT2D eigenvalue weighted by Gasteiger charge is 2.22. The van der Waals surface area contributed by atoms with Gasteiger partial charge in [-0.15, -0.1) is 22.9 Å². The number of hydrogen-bond donors (Lipinski definition) is 0. The first-order valence-corrected chi connectivity index (χ1v) is 9.11. The number of ether oxygens (including phenoxy) is 2. The van der Waals surface area contributed by atoms with E-state index >= 15 is 0 Å². The summed E-state index contributed by atoms with van der Waals surface area (Å²) in [6.07, 6.45) is 0. The molecule has 0 fully saturated rings. The second-order valence-corrected chi connectivity index (χ2v) is 8.91. The number of alkyl halides is 1. The topological polar surface area (TPSA) is 18.5 Å². The van der Waals surface area contributed by atoms with Gasteiger partial charge in [-0.2, -0.15) is 0 Å². The molecule has 1 unspecified atom stereocenters. The van der Waals surface area contributed by atoms with Crippen LogP contribution < -0.4 is 9.47 Å². The van der Waals surface area contributed by atoms with E-state index in [4.69, 9.17) is 21.1 Å². The number of thiophene rings is 1. The van der Waals surface area contributed by atoms with Gasteiger partial charge in [0, 0.05) is 11.1 Å². The Labute approximate surface area is 151 Å². The standard InChI is InChI=1S/C13H10Br3ClO2S/c1-18-9-5-8(14)10(19-2)3-6(9)12(17)7-4-11(15)20-13(7)16/h3-5,12H,1-2H3. The Morgan fingerprint density at radius 3 is 2.15 bits per heavy atom. The minimum Gasteiger partial charge on any atom is -0.496 e. The predicted molar refractivity (Wildman–Crippen MR) is 94.7 cm³/mol. The Morgan fingerprint density at radius 1 is 1.00 bits per heavy atom. The monoisotopic (exact) mass is 502 g/mol. The zero-order valence-electron chi connectivity index (χ0n) is 10.5. The maximum atomic E-state index is 6.62. The molecule has 0 aliphatic carbocycles. The summed E-state index contributed by atoms with van der Waals surface area (Å²) < 4.78 is 13.6. The second-order valence-electron chi connectivity index (χ2n) is 3.87. The third-order valence-corrected chi connectivity index (χ3v) is 6.21. The summed E-state index contributed by atoms with van der Waals surface area (Å²) >= 11 is 18.7.